The molecule has 1 saturated heterocycles. The second-order valence-corrected chi connectivity index (χ2v) is 11.2. The molecule has 1 aromatic heterocycles. The van der Waals surface area contributed by atoms with Crippen LogP contribution in [0.25, 0.3) is 5.69 Å². The van der Waals surface area contributed by atoms with E-state index >= 15 is 0 Å². The van der Waals surface area contributed by atoms with Crippen molar-refractivity contribution in [1.29, 1.82) is 0 Å². The van der Waals surface area contributed by atoms with Gasteiger partial charge in [-0.25, -0.2) is 18.9 Å². The zero-order valence-corrected chi connectivity index (χ0v) is 25.0. The fraction of sp³-hybridized carbons (Fsp3) is 0.233. The monoisotopic (exact) mass is 641 g/mol. The van der Waals surface area contributed by atoms with Gasteiger partial charge in [0.15, 0.2) is 11.0 Å². The zero-order valence-electron chi connectivity index (χ0n) is 24.2. The van der Waals surface area contributed by atoms with Crippen molar-refractivity contribution < 1.29 is 31.9 Å². The largest absolute Gasteiger partial charge is 0.573 e. The fourth-order valence-corrected chi connectivity index (χ4v) is 5.32. The van der Waals surface area contributed by atoms with Crippen LogP contribution in [0, 0.1) is 12.7 Å². The summed E-state index contributed by atoms with van der Waals surface area (Å²) in [4.78, 5) is 35.2. The van der Waals surface area contributed by atoms with Crippen LogP contribution >= 0.6 is 11.8 Å². The van der Waals surface area contributed by atoms with Gasteiger partial charge in [-0.15, -0.1) is 18.3 Å². The van der Waals surface area contributed by atoms with Crippen LogP contribution in [0.4, 0.5) is 39.4 Å². The summed E-state index contributed by atoms with van der Waals surface area (Å²) in [5, 5.41) is 9.88. The van der Waals surface area contributed by atoms with E-state index in [-0.39, 0.29) is 40.7 Å². The number of nitrogens with one attached hydrogen (secondary N) is 2. The molecule has 0 unspecified atom stereocenters. The zero-order chi connectivity index (χ0) is 32.3. The van der Waals surface area contributed by atoms with Gasteiger partial charge in [-0.2, -0.15) is 4.99 Å². The molecule has 2 N–H and O–H groups in total. The maximum absolute atomic E-state index is 14.9. The Balaban J connectivity index is 1.21. The molecule has 0 aliphatic carbocycles. The van der Waals surface area contributed by atoms with Crippen molar-refractivity contribution >= 4 is 45.9 Å². The van der Waals surface area contributed by atoms with Crippen molar-refractivity contribution in [2.24, 2.45) is 4.99 Å². The third-order valence-electron chi connectivity index (χ3n) is 6.55. The molecule has 4 aromatic rings. The topological polar surface area (TPSA) is 114 Å². The molecule has 5 rings (SSSR count). The van der Waals surface area contributed by atoms with Gasteiger partial charge >= 0.3 is 12.4 Å². The van der Waals surface area contributed by atoms with Gasteiger partial charge in [0.1, 0.15) is 17.9 Å². The van der Waals surface area contributed by atoms with Crippen molar-refractivity contribution in [2.45, 2.75) is 39.6 Å². The Morgan fingerprint density at radius 1 is 1.11 bits per heavy atom. The van der Waals surface area contributed by atoms with Crippen LogP contribution in [0.3, 0.4) is 0 Å². The second-order valence-electron chi connectivity index (χ2n) is 10.3. The molecule has 0 bridgehead atoms. The van der Waals surface area contributed by atoms with Crippen molar-refractivity contribution in [3.8, 4) is 11.4 Å². The number of rotatable bonds is 8. The molecule has 0 atom stereocenters. The highest BCUT2D eigenvalue weighted by Crippen LogP contribution is 2.34. The normalized spacial score (nSPS) is 14.4. The number of halogens is 4. The lowest BCUT2D eigenvalue weighted by atomic mass is 9.99. The predicted octanol–water partition coefficient (Wildman–Crippen LogP) is 7.02. The molecular weight excluding hydrogens is 614 g/mol. The number of thioether (sulfide) groups is 1. The highest BCUT2D eigenvalue weighted by Gasteiger charge is 2.33. The number of urea groups is 1. The number of benzene rings is 3. The van der Waals surface area contributed by atoms with Gasteiger partial charge in [0.05, 0.1) is 29.4 Å². The standard InChI is InChI=1S/C30H27F4N7O3S/c1-17(2)22-10-4-18(3)12-25(22)41-27(42)15-45-29(41)38-28(43)37-24-11-5-19(13-23(24)31)35-14-26-36-16-40(39-26)20-6-8-21(9-7-20)44-30(32,33)34/h4-13,16-17,35H,14-15H2,1-3H3,(H,37,43)/b38-29-. The molecule has 10 nitrogen and oxygen atoms in total. The number of alkyl halides is 3. The quantitative estimate of drug-likeness (QED) is 0.199. The number of hydrogen-bond donors (Lipinski definition) is 2. The molecule has 1 fully saturated rings. The van der Waals surface area contributed by atoms with Crippen molar-refractivity contribution in [2.75, 3.05) is 21.3 Å². The summed E-state index contributed by atoms with van der Waals surface area (Å²) < 4.78 is 57.3. The van der Waals surface area contributed by atoms with Crippen LogP contribution in [0.5, 0.6) is 5.75 Å². The number of hydrogen-bond acceptors (Lipinski definition) is 7. The first kappa shape index (κ1) is 31.5. The third kappa shape index (κ3) is 7.78. The molecule has 1 aliphatic heterocycles. The summed E-state index contributed by atoms with van der Waals surface area (Å²) in [6, 6.07) is 14.2. The van der Waals surface area contributed by atoms with Crippen LogP contribution < -0.4 is 20.3 Å². The minimum atomic E-state index is -4.79. The molecule has 3 aromatic carbocycles. The molecule has 3 amide bonds. The number of aliphatic imine (C=N–C) groups is 1. The van der Waals surface area contributed by atoms with Gasteiger partial charge in [0, 0.05) is 5.69 Å². The first-order valence-electron chi connectivity index (χ1n) is 13.6. The maximum atomic E-state index is 14.9. The highest BCUT2D eigenvalue weighted by atomic mass is 32.2. The summed E-state index contributed by atoms with van der Waals surface area (Å²) in [5.41, 5.74) is 3.30. The average Bonchev–Trinajstić information content (AvgIpc) is 3.59. The molecule has 0 saturated carbocycles. The first-order valence-corrected chi connectivity index (χ1v) is 14.6. The Labute approximate surface area is 259 Å². The van der Waals surface area contributed by atoms with Crippen molar-refractivity contribution in [1.82, 2.24) is 14.8 Å². The molecule has 15 heteroatoms. The van der Waals surface area contributed by atoms with E-state index in [9.17, 15) is 27.2 Å². The summed E-state index contributed by atoms with van der Waals surface area (Å²) >= 11 is 1.13. The molecule has 1 aliphatic rings. The minimum absolute atomic E-state index is 0.102. The minimum Gasteiger partial charge on any atom is -0.406 e. The Kier molecular flexibility index (Phi) is 9.09. The molecule has 0 radical (unpaired) electrons. The van der Waals surface area contributed by atoms with Crippen LogP contribution in [0.15, 0.2) is 72.0 Å². The van der Waals surface area contributed by atoms with Gasteiger partial charge in [0.25, 0.3) is 0 Å². The highest BCUT2D eigenvalue weighted by molar-refractivity contribution is 8.15. The smallest absolute Gasteiger partial charge is 0.406 e. The van der Waals surface area contributed by atoms with Crippen molar-refractivity contribution in [3.05, 3.63) is 89.8 Å². The van der Waals surface area contributed by atoms with E-state index < -0.39 is 18.2 Å². The number of aromatic nitrogens is 3. The number of carbonyl (C=O) groups excluding carboxylic acids is 2. The SMILES string of the molecule is Cc1ccc(C(C)C)c(N2C(=O)CS/C2=N\C(=O)Nc2ccc(NCc3ncn(-c4ccc(OC(F)(F)F)cc4)n3)cc2F)c1. The summed E-state index contributed by atoms with van der Waals surface area (Å²) in [7, 11) is 0. The van der Waals surface area contributed by atoms with Crippen LogP contribution in [-0.4, -0.2) is 44.0 Å². The Morgan fingerprint density at radius 2 is 1.87 bits per heavy atom. The lowest BCUT2D eigenvalue weighted by Crippen LogP contribution is -2.31. The predicted molar refractivity (Wildman–Crippen MR) is 163 cm³/mol. The number of carbonyl (C=O) groups is 2. The number of anilines is 3. The second kappa shape index (κ2) is 13.0. The Morgan fingerprint density at radius 3 is 2.56 bits per heavy atom. The Bertz CT molecular complexity index is 1760. The molecule has 0 spiro atoms. The van der Waals surface area contributed by atoms with E-state index in [0.717, 1.165) is 35.0 Å². The number of amidine groups is 1. The van der Waals surface area contributed by atoms with Crippen molar-refractivity contribution in [3.63, 3.8) is 0 Å². The lowest BCUT2D eigenvalue weighted by Gasteiger charge is -2.22. The summed E-state index contributed by atoms with van der Waals surface area (Å²) in [6.07, 6.45) is -3.40. The van der Waals surface area contributed by atoms with E-state index in [2.05, 4.69) is 30.4 Å². The molecule has 2 heterocycles. The van der Waals surface area contributed by atoms with Gasteiger partial charge < -0.3 is 15.4 Å². The van der Waals surface area contributed by atoms with Gasteiger partial charge in [-0.05, 0) is 72.5 Å². The molecule has 45 heavy (non-hydrogen) atoms. The van der Waals surface area contributed by atoms with Crippen LogP contribution in [-0.2, 0) is 11.3 Å². The van der Waals surface area contributed by atoms with E-state index in [1.54, 1.807) is 6.07 Å². The average molecular weight is 642 g/mol. The number of amides is 3. The van der Waals surface area contributed by atoms with Gasteiger partial charge in [0.2, 0.25) is 5.91 Å². The third-order valence-corrected chi connectivity index (χ3v) is 7.47. The lowest BCUT2D eigenvalue weighted by molar-refractivity contribution is -0.274. The fourth-order valence-electron chi connectivity index (χ4n) is 4.46. The molecule has 234 valence electrons. The number of ether oxygens (including phenoxy) is 1. The molecular formula is C30H27F4N7O3S. The van der Waals surface area contributed by atoms with E-state index in [1.165, 1.54) is 40.2 Å². The van der Waals surface area contributed by atoms with E-state index in [1.807, 2.05) is 39.0 Å². The Hall–Kier alpha value is -4.92. The van der Waals surface area contributed by atoms with E-state index in [0.29, 0.717) is 22.9 Å². The van der Waals surface area contributed by atoms with Crippen LogP contribution in [0.1, 0.15) is 36.7 Å². The summed E-state index contributed by atoms with van der Waals surface area (Å²) in [5.74, 6) is -0.692. The van der Waals surface area contributed by atoms with Crippen LogP contribution in [0.2, 0.25) is 0 Å². The maximum Gasteiger partial charge on any atom is 0.573 e. The van der Waals surface area contributed by atoms with E-state index in [4.69, 9.17) is 0 Å². The summed E-state index contributed by atoms with van der Waals surface area (Å²) in [6.45, 7) is 6.05. The first-order chi connectivity index (χ1) is 21.4. The van der Waals surface area contributed by atoms with Gasteiger partial charge in [-0.3, -0.25) is 9.69 Å². The number of nitrogens with zero attached hydrogens (tertiary/aromatic N) is 5. The number of aryl methyl sites for hydroxylation is 1. The van der Waals surface area contributed by atoms with Gasteiger partial charge in [-0.1, -0.05) is 37.7 Å².